The van der Waals surface area contributed by atoms with Gasteiger partial charge in [0.15, 0.2) is 0 Å². The molecule has 0 heterocycles. The molecule has 5 heteroatoms. The number of hydrogen-bond acceptors (Lipinski definition) is 3. The van der Waals surface area contributed by atoms with E-state index in [1.165, 1.54) is 4.90 Å². The molecular formula is C9H16N2O3. The SMILES string of the molecule is NCC(=O)N(CC(=O)O)C1CCCC1. The first kappa shape index (κ1) is 11.0. The summed E-state index contributed by atoms with van der Waals surface area (Å²) in [6.07, 6.45) is 3.94. The molecule has 0 saturated heterocycles. The predicted octanol–water partition coefficient (Wildman–Crippen LogP) is -0.199. The van der Waals surface area contributed by atoms with Gasteiger partial charge in [-0.3, -0.25) is 9.59 Å². The van der Waals surface area contributed by atoms with E-state index in [1.807, 2.05) is 0 Å². The monoisotopic (exact) mass is 200 g/mol. The van der Waals surface area contributed by atoms with Crippen molar-refractivity contribution in [2.75, 3.05) is 13.1 Å². The van der Waals surface area contributed by atoms with Crippen LogP contribution in [0.15, 0.2) is 0 Å². The second-order valence-corrected chi connectivity index (χ2v) is 3.56. The molecule has 0 aromatic heterocycles. The summed E-state index contributed by atoms with van der Waals surface area (Å²) < 4.78 is 0. The van der Waals surface area contributed by atoms with Crippen LogP contribution in [0.25, 0.3) is 0 Å². The van der Waals surface area contributed by atoms with Gasteiger partial charge in [0.2, 0.25) is 5.91 Å². The number of hydrogen-bond donors (Lipinski definition) is 2. The fraction of sp³-hybridized carbons (Fsp3) is 0.778. The molecule has 0 spiro atoms. The largest absolute Gasteiger partial charge is 0.480 e. The zero-order valence-electron chi connectivity index (χ0n) is 8.11. The van der Waals surface area contributed by atoms with Crippen LogP contribution >= 0.6 is 0 Å². The number of aliphatic carboxylic acids is 1. The van der Waals surface area contributed by atoms with Gasteiger partial charge in [-0.25, -0.2) is 0 Å². The summed E-state index contributed by atoms with van der Waals surface area (Å²) in [4.78, 5) is 23.3. The minimum atomic E-state index is -0.973. The molecule has 0 aromatic rings. The number of carbonyl (C=O) groups is 2. The lowest BCUT2D eigenvalue weighted by atomic mass is 10.2. The van der Waals surface area contributed by atoms with Crippen LogP contribution in [-0.4, -0.2) is 41.0 Å². The van der Waals surface area contributed by atoms with Gasteiger partial charge < -0.3 is 15.7 Å². The molecule has 1 amide bonds. The maximum Gasteiger partial charge on any atom is 0.323 e. The molecule has 1 rings (SSSR count). The Morgan fingerprint density at radius 1 is 1.36 bits per heavy atom. The van der Waals surface area contributed by atoms with E-state index in [9.17, 15) is 9.59 Å². The van der Waals surface area contributed by atoms with Crippen LogP contribution in [0.5, 0.6) is 0 Å². The standard InChI is InChI=1S/C9H16N2O3/c10-5-8(12)11(6-9(13)14)7-3-1-2-4-7/h7H,1-6,10H2,(H,13,14). The molecule has 80 valence electrons. The van der Waals surface area contributed by atoms with Crippen LogP contribution in [0.4, 0.5) is 0 Å². The number of nitrogens with zero attached hydrogens (tertiary/aromatic N) is 1. The fourth-order valence-electron chi connectivity index (χ4n) is 1.90. The number of carboxylic acids is 1. The number of amides is 1. The summed E-state index contributed by atoms with van der Waals surface area (Å²) in [6, 6.07) is 0.0853. The third-order valence-electron chi connectivity index (χ3n) is 2.57. The normalized spacial score (nSPS) is 16.9. The molecule has 1 fully saturated rings. The highest BCUT2D eigenvalue weighted by molar-refractivity contribution is 5.82. The maximum atomic E-state index is 11.4. The Labute approximate surface area is 82.9 Å². The Kier molecular flexibility index (Phi) is 3.88. The van der Waals surface area contributed by atoms with Crippen molar-refractivity contribution in [2.24, 2.45) is 5.73 Å². The van der Waals surface area contributed by atoms with E-state index in [2.05, 4.69) is 0 Å². The van der Waals surface area contributed by atoms with Crippen LogP contribution in [0.3, 0.4) is 0 Å². The summed E-state index contributed by atoms with van der Waals surface area (Å²) in [5.74, 6) is -1.24. The molecule has 1 aliphatic carbocycles. The first-order valence-corrected chi connectivity index (χ1v) is 4.86. The minimum absolute atomic E-state index is 0.0853. The van der Waals surface area contributed by atoms with E-state index in [0.717, 1.165) is 25.7 Å². The third kappa shape index (κ3) is 2.70. The van der Waals surface area contributed by atoms with Crippen molar-refractivity contribution in [1.29, 1.82) is 0 Å². The lowest BCUT2D eigenvalue weighted by Gasteiger charge is -2.26. The van der Waals surface area contributed by atoms with E-state index in [-0.39, 0.29) is 25.0 Å². The second kappa shape index (κ2) is 4.95. The number of carbonyl (C=O) groups excluding carboxylic acids is 1. The van der Waals surface area contributed by atoms with Crippen molar-refractivity contribution in [3.05, 3.63) is 0 Å². The summed E-state index contributed by atoms with van der Waals surface area (Å²) >= 11 is 0. The van der Waals surface area contributed by atoms with Crippen molar-refractivity contribution >= 4 is 11.9 Å². The molecule has 0 aromatic carbocycles. The lowest BCUT2D eigenvalue weighted by molar-refractivity contribution is -0.145. The summed E-state index contributed by atoms with van der Waals surface area (Å²) in [7, 11) is 0. The predicted molar refractivity (Wildman–Crippen MR) is 50.7 cm³/mol. The fourth-order valence-corrected chi connectivity index (χ4v) is 1.90. The molecule has 3 N–H and O–H groups in total. The third-order valence-corrected chi connectivity index (χ3v) is 2.57. The Morgan fingerprint density at radius 3 is 2.36 bits per heavy atom. The molecular weight excluding hydrogens is 184 g/mol. The molecule has 14 heavy (non-hydrogen) atoms. The first-order valence-electron chi connectivity index (χ1n) is 4.86. The molecule has 1 aliphatic rings. The zero-order chi connectivity index (χ0) is 10.6. The van der Waals surface area contributed by atoms with Gasteiger partial charge in [-0.2, -0.15) is 0 Å². The minimum Gasteiger partial charge on any atom is -0.480 e. The van der Waals surface area contributed by atoms with Crippen molar-refractivity contribution < 1.29 is 14.7 Å². The van der Waals surface area contributed by atoms with E-state index in [1.54, 1.807) is 0 Å². The van der Waals surface area contributed by atoms with Gasteiger partial charge in [0, 0.05) is 6.04 Å². The van der Waals surface area contributed by atoms with E-state index in [4.69, 9.17) is 10.8 Å². The van der Waals surface area contributed by atoms with E-state index < -0.39 is 5.97 Å². The van der Waals surface area contributed by atoms with Crippen LogP contribution in [0, 0.1) is 0 Å². The second-order valence-electron chi connectivity index (χ2n) is 3.56. The lowest BCUT2D eigenvalue weighted by Crippen LogP contribution is -2.45. The number of rotatable bonds is 4. The Morgan fingerprint density at radius 2 is 1.93 bits per heavy atom. The maximum absolute atomic E-state index is 11.4. The quantitative estimate of drug-likeness (QED) is 0.658. The Bertz CT molecular complexity index is 224. The highest BCUT2D eigenvalue weighted by atomic mass is 16.4. The molecule has 0 aliphatic heterocycles. The van der Waals surface area contributed by atoms with Gasteiger partial charge >= 0.3 is 5.97 Å². The summed E-state index contributed by atoms with van der Waals surface area (Å²) in [5.41, 5.74) is 5.23. The van der Waals surface area contributed by atoms with Crippen LogP contribution < -0.4 is 5.73 Å². The van der Waals surface area contributed by atoms with Gasteiger partial charge in [-0.15, -0.1) is 0 Å². The van der Waals surface area contributed by atoms with Crippen molar-refractivity contribution in [2.45, 2.75) is 31.7 Å². The van der Waals surface area contributed by atoms with Gasteiger partial charge in [0.05, 0.1) is 6.54 Å². The van der Waals surface area contributed by atoms with Crippen LogP contribution in [-0.2, 0) is 9.59 Å². The van der Waals surface area contributed by atoms with Gasteiger partial charge in [0.25, 0.3) is 0 Å². The van der Waals surface area contributed by atoms with E-state index >= 15 is 0 Å². The molecule has 1 saturated carbocycles. The molecule has 0 atom stereocenters. The van der Waals surface area contributed by atoms with Crippen molar-refractivity contribution in [1.82, 2.24) is 4.90 Å². The van der Waals surface area contributed by atoms with E-state index in [0.29, 0.717) is 0 Å². The number of nitrogens with two attached hydrogens (primary N) is 1. The molecule has 0 bridgehead atoms. The van der Waals surface area contributed by atoms with Gasteiger partial charge in [-0.05, 0) is 12.8 Å². The molecule has 5 nitrogen and oxygen atoms in total. The van der Waals surface area contributed by atoms with Crippen molar-refractivity contribution in [3.63, 3.8) is 0 Å². The van der Waals surface area contributed by atoms with Crippen molar-refractivity contribution in [3.8, 4) is 0 Å². The highest BCUT2D eigenvalue weighted by Gasteiger charge is 2.27. The summed E-state index contributed by atoms with van der Waals surface area (Å²) in [6.45, 7) is -0.329. The van der Waals surface area contributed by atoms with Crippen LogP contribution in [0.1, 0.15) is 25.7 Å². The molecule has 0 radical (unpaired) electrons. The molecule has 0 unspecified atom stereocenters. The smallest absolute Gasteiger partial charge is 0.323 e. The van der Waals surface area contributed by atoms with Crippen LogP contribution in [0.2, 0.25) is 0 Å². The highest BCUT2D eigenvalue weighted by Crippen LogP contribution is 2.23. The van der Waals surface area contributed by atoms with Gasteiger partial charge in [0.1, 0.15) is 6.54 Å². The average molecular weight is 200 g/mol. The first-order chi connectivity index (χ1) is 6.65. The topological polar surface area (TPSA) is 83.6 Å². The Hall–Kier alpha value is -1.10. The Balaban J connectivity index is 2.59. The average Bonchev–Trinajstić information content (AvgIpc) is 2.65. The summed E-state index contributed by atoms with van der Waals surface area (Å²) in [5, 5.41) is 8.65. The zero-order valence-corrected chi connectivity index (χ0v) is 8.11. The van der Waals surface area contributed by atoms with Gasteiger partial charge in [-0.1, -0.05) is 12.8 Å². The number of carboxylic acid groups (broad SMARTS) is 1.